The molecule has 5 heteroatoms. The number of anilines is 3. The van der Waals surface area contributed by atoms with Crippen LogP contribution in [0.5, 0.6) is 0 Å². The Kier molecular flexibility index (Phi) is 3.61. The van der Waals surface area contributed by atoms with Crippen LogP contribution < -0.4 is 15.5 Å². The van der Waals surface area contributed by atoms with Crippen LogP contribution in [0.25, 0.3) is 0 Å². The minimum absolute atomic E-state index is 0.170. The predicted molar refractivity (Wildman–Crippen MR) is 91.2 cm³/mol. The summed E-state index contributed by atoms with van der Waals surface area (Å²) in [6, 6.07) is 12.6. The van der Waals surface area contributed by atoms with Crippen molar-refractivity contribution in [2.24, 2.45) is 0 Å². The first-order valence-electron chi connectivity index (χ1n) is 8.18. The third-order valence-corrected chi connectivity index (χ3v) is 4.32. The summed E-state index contributed by atoms with van der Waals surface area (Å²) in [5, 5.41) is 5.68. The normalized spacial score (nSPS) is 16.6. The number of rotatable bonds is 3. The molecule has 2 amide bonds. The predicted octanol–water partition coefficient (Wildman–Crippen LogP) is 3.45. The summed E-state index contributed by atoms with van der Waals surface area (Å²) in [5.41, 5.74) is 3.70. The molecule has 1 fully saturated rings. The highest BCUT2D eigenvalue weighted by Gasteiger charge is 2.23. The number of nitrogens with zero attached hydrogens (tertiary/aromatic N) is 2. The molecule has 1 aliphatic carbocycles. The van der Waals surface area contributed by atoms with Crippen LogP contribution in [0.2, 0.25) is 0 Å². The molecular formula is C18H20N4O. The van der Waals surface area contributed by atoms with Crippen molar-refractivity contribution in [2.45, 2.75) is 31.7 Å². The van der Waals surface area contributed by atoms with Gasteiger partial charge >= 0.3 is 6.03 Å². The SMILES string of the molecule is O=C(Nc1ccc(N2CCCc3ccccc32)cn1)NC1CC1. The third-order valence-electron chi connectivity index (χ3n) is 4.32. The monoisotopic (exact) mass is 308 g/mol. The number of fused-ring (bicyclic) bond motifs is 1. The molecule has 23 heavy (non-hydrogen) atoms. The minimum atomic E-state index is -0.170. The topological polar surface area (TPSA) is 57.3 Å². The first kappa shape index (κ1) is 14.1. The Labute approximate surface area is 135 Å². The molecule has 1 saturated carbocycles. The molecule has 5 nitrogen and oxygen atoms in total. The van der Waals surface area contributed by atoms with Crippen LogP contribution in [0.1, 0.15) is 24.8 Å². The van der Waals surface area contributed by atoms with Crippen molar-refractivity contribution in [1.29, 1.82) is 0 Å². The highest BCUT2D eigenvalue weighted by Crippen LogP contribution is 2.33. The van der Waals surface area contributed by atoms with E-state index in [-0.39, 0.29) is 6.03 Å². The Balaban J connectivity index is 1.49. The van der Waals surface area contributed by atoms with Crippen molar-refractivity contribution in [3.05, 3.63) is 48.2 Å². The van der Waals surface area contributed by atoms with E-state index in [0.29, 0.717) is 11.9 Å². The number of hydrogen-bond acceptors (Lipinski definition) is 3. The summed E-state index contributed by atoms with van der Waals surface area (Å²) in [6.07, 6.45) is 6.25. The van der Waals surface area contributed by atoms with E-state index in [1.165, 1.54) is 11.3 Å². The molecule has 2 aromatic rings. The molecule has 118 valence electrons. The molecule has 2 heterocycles. The number of urea groups is 1. The molecule has 0 radical (unpaired) electrons. The van der Waals surface area contributed by atoms with Crippen LogP contribution in [0.3, 0.4) is 0 Å². The van der Waals surface area contributed by atoms with Crippen molar-refractivity contribution in [1.82, 2.24) is 10.3 Å². The van der Waals surface area contributed by atoms with Crippen molar-refractivity contribution in [3.63, 3.8) is 0 Å². The first-order valence-corrected chi connectivity index (χ1v) is 8.18. The van der Waals surface area contributed by atoms with Gasteiger partial charge in [-0.25, -0.2) is 9.78 Å². The van der Waals surface area contributed by atoms with Crippen LogP contribution in [0.4, 0.5) is 22.0 Å². The quantitative estimate of drug-likeness (QED) is 0.913. The van der Waals surface area contributed by atoms with E-state index in [9.17, 15) is 4.79 Å². The zero-order valence-electron chi connectivity index (χ0n) is 13.0. The van der Waals surface area contributed by atoms with Crippen LogP contribution in [-0.4, -0.2) is 23.6 Å². The molecule has 2 aliphatic rings. The van der Waals surface area contributed by atoms with E-state index in [4.69, 9.17) is 0 Å². The van der Waals surface area contributed by atoms with Gasteiger partial charge in [-0.05, 0) is 49.4 Å². The average Bonchev–Trinajstić information content (AvgIpc) is 3.39. The van der Waals surface area contributed by atoms with E-state index < -0.39 is 0 Å². The molecule has 0 bridgehead atoms. The largest absolute Gasteiger partial charge is 0.340 e. The number of para-hydroxylation sites is 1. The number of hydrogen-bond donors (Lipinski definition) is 2. The van der Waals surface area contributed by atoms with Gasteiger partial charge in [0, 0.05) is 18.3 Å². The third kappa shape index (κ3) is 3.13. The Hall–Kier alpha value is -2.56. The van der Waals surface area contributed by atoms with Crippen LogP contribution in [0.15, 0.2) is 42.6 Å². The van der Waals surface area contributed by atoms with Crippen molar-refractivity contribution in [3.8, 4) is 0 Å². The van der Waals surface area contributed by atoms with Crippen LogP contribution in [-0.2, 0) is 6.42 Å². The van der Waals surface area contributed by atoms with E-state index in [0.717, 1.165) is 37.9 Å². The van der Waals surface area contributed by atoms with Gasteiger partial charge in [0.2, 0.25) is 0 Å². The molecule has 1 aromatic carbocycles. The minimum Gasteiger partial charge on any atom is -0.340 e. The lowest BCUT2D eigenvalue weighted by Gasteiger charge is -2.31. The van der Waals surface area contributed by atoms with E-state index in [1.807, 2.05) is 18.3 Å². The number of amides is 2. The second kappa shape index (κ2) is 5.91. The molecule has 2 N–H and O–H groups in total. The smallest absolute Gasteiger partial charge is 0.320 e. The van der Waals surface area contributed by atoms with Gasteiger partial charge < -0.3 is 10.2 Å². The Morgan fingerprint density at radius 3 is 2.83 bits per heavy atom. The molecule has 0 saturated heterocycles. The molecule has 1 aromatic heterocycles. The van der Waals surface area contributed by atoms with Crippen molar-refractivity contribution < 1.29 is 4.79 Å². The molecular weight excluding hydrogens is 288 g/mol. The van der Waals surface area contributed by atoms with E-state index in [1.54, 1.807) is 0 Å². The van der Waals surface area contributed by atoms with Gasteiger partial charge in [0.1, 0.15) is 5.82 Å². The number of aryl methyl sites for hydroxylation is 1. The fourth-order valence-corrected chi connectivity index (χ4v) is 2.99. The number of aromatic nitrogens is 1. The fraction of sp³-hybridized carbons (Fsp3) is 0.333. The number of carbonyl (C=O) groups excluding carboxylic acids is 1. The first-order chi connectivity index (χ1) is 11.3. The van der Waals surface area contributed by atoms with Gasteiger partial charge in [-0.3, -0.25) is 5.32 Å². The lowest BCUT2D eigenvalue weighted by atomic mass is 10.0. The van der Waals surface area contributed by atoms with E-state index >= 15 is 0 Å². The summed E-state index contributed by atoms with van der Waals surface area (Å²) in [6.45, 7) is 0.994. The highest BCUT2D eigenvalue weighted by molar-refractivity contribution is 5.88. The highest BCUT2D eigenvalue weighted by atomic mass is 16.2. The second-order valence-electron chi connectivity index (χ2n) is 6.16. The maximum absolute atomic E-state index is 11.7. The zero-order valence-corrected chi connectivity index (χ0v) is 13.0. The van der Waals surface area contributed by atoms with Crippen molar-refractivity contribution >= 4 is 23.2 Å². The summed E-state index contributed by atoms with van der Waals surface area (Å²) < 4.78 is 0. The molecule has 0 spiro atoms. The van der Waals surface area contributed by atoms with Gasteiger partial charge in [-0.2, -0.15) is 0 Å². The number of nitrogens with one attached hydrogen (secondary N) is 2. The fourth-order valence-electron chi connectivity index (χ4n) is 2.99. The van der Waals surface area contributed by atoms with Gasteiger partial charge in [0.25, 0.3) is 0 Å². The molecule has 0 unspecified atom stereocenters. The Bertz CT molecular complexity index is 709. The number of benzene rings is 1. The van der Waals surface area contributed by atoms with Gasteiger partial charge in [0.15, 0.2) is 0 Å². The second-order valence-corrected chi connectivity index (χ2v) is 6.16. The van der Waals surface area contributed by atoms with Crippen LogP contribution >= 0.6 is 0 Å². The average molecular weight is 308 g/mol. The van der Waals surface area contributed by atoms with Gasteiger partial charge in [-0.1, -0.05) is 18.2 Å². The lowest BCUT2D eigenvalue weighted by molar-refractivity contribution is 0.251. The maximum Gasteiger partial charge on any atom is 0.320 e. The maximum atomic E-state index is 11.7. The standard InChI is InChI=1S/C18H20N4O/c23-18(20-14-7-8-14)21-17-10-9-15(12-19-17)22-11-3-5-13-4-1-2-6-16(13)22/h1-2,4,6,9-10,12,14H,3,5,7-8,11H2,(H2,19,20,21,23). The summed E-state index contributed by atoms with van der Waals surface area (Å²) in [7, 11) is 0. The Morgan fingerprint density at radius 1 is 1.17 bits per heavy atom. The summed E-state index contributed by atoms with van der Waals surface area (Å²) >= 11 is 0. The number of carbonyl (C=O) groups is 1. The molecule has 0 atom stereocenters. The van der Waals surface area contributed by atoms with Crippen molar-refractivity contribution in [2.75, 3.05) is 16.8 Å². The molecule has 1 aliphatic heterocycles. The van der Waals surface area contributed by atoms with Gasteiger partial charge in [0.05, 0.1) is 11.9 Å². The summed E-state index contributed by atoms with van der Waals surface area (Å²) in [4.78, 5) is 18.4. The van der Waals surface area contributed by atoms with Gasteiger partial charge in [-0.15, -0.1) is 0 Å². The number of pyridine rings is 1. The molecule has 4 rings (SSSR count). The zero-order chi connectivity index (χ0) is 15.6. The van der Waals surface area contributed by atoms with Crippen LogP contribution in [0, 0.1) is 0 Å². The summed E-state index contributed by atoms with van der Waals surface area (Å²) in [5.74, 6) is 0.581. The van der Waals surface area contributed by atoms with E-state index in [2.05, 4.69) is 44.8 Å². The Morgan fingerprint density at radius 2 is 2.04 bits per heavy atom. The lowest BCUT2D eigenvalue weighted by Crippen LogP contribution is -2.30.